The number of nitrogens with zero attached hydrogens (tertiary/aromatic N) is 3. The Hall–Kier alpha value is -4.28. The fraction of sp³-hybridized carbons (Fsp3) is 0.278. The quantitative estimate of drug-likeness (QED) is 0.0315. The molecule has 2 atom stereocenters. The number of aromatic amines is 1. The minimum atomic E-state index is -0.567. The number of alkyl halides is 2. The van der Waals surface area contributed by atoms with Crippen LogP contribution in [-0.4, -0.2) is 65.6 Å². The van der Waals surface area contributed by atoms with Gasteiger partial charge in [0.2, 0.25) is 5.56 Å². The molecule has 22 heteroatoms. The minimum absolute atomic E-state index is 0. The number of H-pyrrole nitrogens is 1. The molecule has 0 bridgehead atoms. The molecule has 390 valence electrons. The van der Waals surface area contributed by atoms with Gasteiger partial charge in [-0.25, -0.2) is 4.79 Å². The molecule has 0 saturated heterocycles. The number of rotatable bonds is 11. The van der Waals surface area contributed by atoms with Crippen LogP contribution < -0.4 is 140 Å². The molecule has 2 unspecified atom stereocenters. The van der Waals surface area contributed by atoms with E-state index in [4.69, 9.17) is 24.3 Å². The zero-order chi connectivity index (χ0) is 53.8. The summed E-state index contributed by atoms with van der Waals surface area (Å²) in [6.45, 7) is 8.10. The van der Waals surface area contributed by atoms with Crippen molar-refractivity contribution in [3.8, 4) is 11.5 Å². The largest absolute Gasteiger partial charge is 1.00 e. The number of halogens is 2. The summed E-state index contributed by atoms with van der Waals surface area (Å²) in [5.74, 6) is 0.301. The van der Waals surface area contributed by atoms with Crippen molar-refractivity contribution in [2.75, 3.05) is 18.5 Å². The molecule has 4 aromatic heterocycles. The van der Waals surface area contributed by atoms with Crippen LogP contribution in [0.1, 0.15) is 53.7 Å². The van der Waals surface area contributed by atoms with Crippen LogP contribution in [0.15, 0.2) is 116 Å². The van der Waals surface area contributed by atoms with Gasteiger partial charge in [-0.1, -0.05) is 92.5 Å². The first-order chi connectivity index (χ1) is 35.4. The molecule has 0 spiro atoms. The Labute approximate surface area is 539 Å². The van der Waals surface area contributed by atoms with Gasteiger partial charge in [-0.2, -0.15) is 0 Å². The van der Waals surface area contributed by atoms with Crippen LogP contribution in [0.2, 0.25) is 0 Å². The van der Waals surface area contributed by atoms with Crippen molar-refractivity contribution in [1.29, 1.82) is 0 Å². The number of aromatic hydroxyl groups is 1. The number of esters is 1. The summed E-state index contributed by atoms with van der Waals surface area (Å²) in [6, 6.07) is 28.8. The van der Waals surface area contributed by atoms with Crippen LogP contribution in [0.5, 0.6) is 11.5 Å². The molecule has 9 rings (SSSR count). The predicted molar refractivity (Wildman–Crippen MR) is 288 cm³/mol. The number of carbonyl (C=O) groups excluding carboxylic acids is 3. The number of benzene rings is 4. The topological polar surface area (TPSA) is 242 Å². The van der Waals surface area contributed by atoms with Crippen LogP contribution >= 0.6 is 31.9 Å². The number of alkyl carbamates (subject to hydrolysis) is 1. The van der Waals surface area contributed by atoms with Crippen molar-refractivity contribution in [3.05, 3.63) is 172 Å². The summed E-state index contributed by atoms with van der Waals surface area (Å²) in [7, 11) is 3.30. The molecule has 0 fully saturated rings. The van der Waals surface area contributed by atoms with Gasteiger partial charge in [0.25, 0.3) is 23.2 Å². The van der Waals surface area contributed by atoms with Crippen molar-refractivity contribution < 1.29 is 148 Å². The van der Waals surface area contributed by atoms with Crippen molar-refractivity contribution in [1.82, 2.24) is 24.0 Å². The number of amides is 1. The Bertz CT molecular complexity index is 3620. The Morgan fingerprint density at radius 1 is 0.776 bits per heavy atom. The molecule has 3 N–H and O–H groups in total. The van der Waals surface area contributed by atoms with Crippen LogP contribution in [0, 0.1) is 27.7 Å². The maximum absolute atomic E-state index is 13.1. The zero-order valence-electron chi connectivity index (χ0n) is 44.4. The molecule has 8 aromatic rings. The van der Waals surface area contributed by atoms with Gasteiger partial charge in [0.1, 0.15) is 19.8 Å². The third kappa shape index (κ3) is 15.9. The van der Waals surface area contributed by atoms with E-state index < -0.39 is 12.1 Å². The maximum atomic E-state index is 13.1. The van der Waals surface area contributed by atoms with Crippen molar-refractivity contribution >= 4 is 94.0 Å². The number of ether oxygens (including phenoxy) is 3. The molecule has 0 saturated carbocycles. The van der Waals surface area contributed by atoms with E-state index in [1.807, 2.05) is 100 Å². The van der Waals surface area contributed by atoms with Gasteiger partial charge in [0.15, 0.2) is 11.5 Å². The maximum Gasteiger partial charge on any atom is 1.00 e. The molecule has 1 aliphatic rings. The minimum Gasteiger partial charge on any atom is -1.00 e. The number of phenolic OH excluding ortho intramolecular Hbond substituents is 1. The standard InChI is InChI=1S/C26H25N3O5.C15H14N2O3.C12H14Br2O2.CH2O3.2K.H/c1-15-9-21(30)28(3)23-19(15)11-20-16(2)10-22(31)29-18(14-33-25(23)24(20)29)12-27-26(32)34-13-17-7-5-4-6-8-17;1-7-4-11(18)16-13-9(7)6-10-8(2)5-12(19)17(3)14(10)15(13)20;13-8-11(14)6-7-12(15)16-9-10-4-2-1-3-5-10;2-1-4-3;;;/h4-11,18H,12-14H2,1-3H3,(H,27,32);4-6,20H,1-3H3,(H,16,18);1-5,11H,6-9H2;1,3H;;;/q;;;;2*+1;-1/p-1. The van der Waals surface area contributed by atoms with E-state index in [1.54, 1.807) is 35.4 Å². The number of phenols is 1. The summed E-state index contributed by atoms with van der Waals surface area (Å²) in [5.41, 5.74) is 6.46. The second-order valence-corrected chi connectivity index (χ2v) is 19.3. The monoisotopic (exact) mass is 1220 g/mol. The molecule has 1 aliphatic heterocycles. The summed E-state index contributed by atoms with van der Waals surface area (Å²) in [4.78, 5) is 86.9. The number of hydrogen-bond donors (Lipinski definition) is 3. The molecule has 18 nitrogen and oxygen atoms in total. The first-order valence-corrected chi connectivity index (χ1v) is 25.2. The van der Waals surface area contributed by atoms with Crippen LogP contribution in [0.4, 0.5) is 4.79 Å². The van der Waals surface area contributed by atoms with Crippen LogP contribution in [0.25, 0.3) is 43.6 Å². The van der Waals surface area contributed by atoms with Crippen molar-refractivity contribution in [2.24, 2.45) is 14.1 Å². The van der Waals surface area contributed by atoms with Crippen molar-refractivity contribution in [3.63, 3.8) is 0 Å². The predicted octanol–water partition coefficient (Wildman–Crippen LogP) is 1.26. The van der Waals surface area contributed by atoms with Crippen LogP contribution in [-0.2, 0) is 51.3 Å². The number of carbonyl (C=O) groups is 3. The van der Waals surface area contributed by atoms with E-state index in [9.17, 15) is 33.9 Å². The van der Waals surface area contributed by atoms with E-state index >= 15 is 0 Å². The third-order valence-corrected chi connectivity index (χ3v) is 14.7. The zero-order valence-corrected chi connectivity index (χ0v) is 52.8. The van der Waals surface area contributed by atoms with E-state index in [0.717, 1.165) is 66.7 Å². The van der Waals surface area contributed by atoms with Gasteiger partial charge < -0.3 is 50.3 Å². The average Bonchev–Trinajstić information content (AvgIpc) is 3.40. The molecule has 0 aliphatic carbocycles. The summed E-state index contributed by atoms with van der Waals surface area (Å²) in [6.07, 6.45) is 0.676. The smallest absolute Gasteiger partial charge is 1.00 e. The summed E-state index contributed by atoms with van der Waals surface area (Å²) < 4.78 is 21.2. The molecule has 76 heavy (non-hydrogen) atoms. The van der Waals surface area contributed by atoms with E-state index in [-0.39, 0.29) is 164 Å². The Kier molecular flexibility index (Phi) is 25.5. The number of fused-ring (bicyclic) bond motifs is 4. The average molecular weight is 1220 g/mol. The number of pyridine rings is 4. The van der Waals surface area contributed by atoms with E-state index in [1.165, 1.54) is 16.7 Å². The number of nitrogens with one attached hydrogen (secondary N) is 2. The fourth-order valence-electron chi connectivity index (χ4n) is 8.40. The Morgan fingerprint density at radius 3 is 1.82 bits per heavy atom. The van der Waals surface area contributed by atoms with Crippen molar-refractivity contribution in [2.45, 2.75) is 64.6 Å². The first-order valence-electron chi connectivity index (χ1n) is 23.1. The number of aryl methyl sites for hydroxylation is 6. The third-order valence-electron chi connectivity index (χ3n) is 12.2. The summed E-state index contributed by atoms with van der Waals surface area (Å²) >= 11 is 6.79. The molecular weight excluding hydrogens is 1160 g/mol. The fourth-order valence-corrected chi connectivity index (χ4v) is 8.96. The van der Waals surface area contributed by atoms with E-state index in [0.29, 0.717) is 45.7 Å². The van der Waals surface area contributed by atoms with Gasteiger partial charge in [-0.3, -0.25) is 33.3 Å². The molecular formula is C54H55Br2K2N5O13. The molecule has 1 amide bonds. The van der Waals surface area contributed by atoms with Gasteiger partial charge >= 0.3 is 115 Å². The van der Waals surface area contributed by atoms with Gasteiger partial charge in [-0.15, -0.1) is 0 Å². The summed E-state index contributed by atoms with van der Waals surface area (Å²) in [5, 5.41) is 25.8. The van der Waals surface area contributed by atoms with Gasteiger partial charge in [-0.05, 0) is 79.6 Å². The normalized spacial score (nSPS) is 12.4. The second-order valence-electron chi connectivity index (χ2n) is 17.4. The SMILES string of the molecule is Cc1cc(=O)[nH]c2c(O)c3c(cc12)c(C)cc(=O)n3C.Cc1cc(=O)n(C)c2c3c4c(cc12)c(C)cc(=O)n4C(CNC(=O)OCc1ccccc1)CO3.O=C(CCC(Br)CBr)OCc1ccccc1.O=CO[O-].[H-].[K+].[K+]. The first kappa shape index (κ1) is 64.2. The second kappa shape index (κ2) is 30.2. The Morgan fingerprint density at radius 2 is 1.26 bits per heavy atom. The Balaban J connectivity index is 0.000000311. The van der Waals surface area contributed by atoms with Gasteiger partial charge in [0, 0.05) is 83.0 Å². The molecule has 5 heterocycles. The van der Waals surface area contributed by atoms with Gasteiger partial charge in [0.05, 0.1) is 28.1 Å². The van der Waals surface area contributed by atoms with Crippen LogP contribution in [0.3, 0.4) is 0 Å². The molecule has 4 aromatic carbocycles. The number of aromatic nitrogens is 4. The van der Waals surface area contributed by atoms with E-state index in [2.05, 4.69) is 47.0 Å². The molecule has 0 radical (unpaired) electrons. The number of hydrogen-bond acceptors (Lipinski definition) is 13.